The lowest BCUT2D eigenvalue weighted by Crippen LogP contribution is -2.05. The molecule has 19 heavy (non-hydrogen) atoms. The van der Waals surface area contributed by atoms with E-state index in [-0.39, 0.29) is 23.4 Å². The third-order valence-electron chi connectivity index (χ3n) is 2.96. The number of nitrogens with zero attached hydrogens (tertiary/aromatic N) is 1. The Morgan fingerprint density at radius 1 is 1.42 bits per heavy atom. The molecule has 2 aromatic rings. The van der Waals surface area contributed by atoms with Crippen LogP contribution < -0.4 is 0 Å². The summed E-state index contributed by atoms with van der Waals surface area (Å²) in [6.07, 6.45) is 0. The number of rotatable bonds is 3. The second-order valence-corrected chi connectivity index (χ2v) is 4.13. The second-order valence-electron chi connectivity index (χ2n) is 4.13. The number of carbonyl (C=O) groups excluding carboxylic acids is 1. The van der Waals surface area contributed by atoms with Gasteiger partial charge in [-0.25, -0.2) is 4.79 Å². The topological polar surface area (TPSA) is 82.6 Å². The van der Waals surface area contributed by atoms with Crippen LogP contribution in [0, 0.1) is 24.0 Å². The van der Waals surface area contributed by atoms with Crippen molar-refractivity contribution in [2.75, 3.05) is 6.61 Å². The van der Waals surface area contributed by atoms with E-state index < -0.39 is 10.9 Å². The molecule has 2 rings (SSSR count). The van der Waals surface area contributed by atoms with Crippen LogP contribution in [-0.4, -0.2) is 17.5 Å². The maximum Gasteiger partial charge on any atom is 0.338 e. The summed E-state index contributed by atoms with van der Waals surface area (Å²) in [6.45, 7) is 5.41. The van der Waals surface area contributed by atoms with E-state index in [9.17, 15) is 14.9 Å². The number of furan rings is 1. The Morgan fingerprint density at radius 3 is 2.68 bits per heavy atom. The largest absolute Gasteiger partial charge is 0.462 e. The summed E-state index contributed by atoms with van der Waals surface area (Å²) in [5, 5.41) is 11.6. The zero-order valence-corrected chi connectivity index (χ0v) is 10.9. The third kappa shape index (κ3) is 2.16. The van der Waals surface area contributed by atoms with Crippen molar-refractivity contribution >= 4 is 22.6 Å². The van der Waals surface area contributed by atoms with Crippen LogP contribution in [0.2, 0.25) is 0 Å². The average Bonchev–Trinajstić information content (AvgIpc) is 2.64. The van der Waals surface area contributed by atoms with E-state index >= 15 is 0 Å². The molecule has 1 aromatic heterocycles. The van der Waals surface area contributed by atoms with Crippen molar-refractivity contribution in [3.05, 3.63) is 39.1 Å². The van der Waals surface area contributed by atoms with Gasteiger partial charge in [0.25, 0.3) is 0 Å². The molecule has 0 bridgehead atoms. The number of hydrogen-bond acceptors (Lipinski definition) is 5. The summed E-state index contributed by atoms with van der Waals surface area (Å²) >= 11 is 0. The number of nitro benzene ring substituents is 1. The van der Waals surface area contributed by atoms with Crippen molar-refractivity contribution in [2.24, 2.45) is 0 Å². The molecule has 0 atom stereocenters. The van der Waals surface area contributed by atoms with Gasteiger partial charge < -0.3 is 9.15 Å². The van der Waals surface area contributed by atoms with Gasteiger partial charge in [0.1, 0.15) is 5.76 Å². The molecule has 1 heterocycles. The summed E-state index contributed by atoms with van der Waals surface area (Å²) in [4.78, 5) is 22.2. The standard InChI is InChI=1S/C13H13NO5/c1-4-18-13(15)9-5-10-7(2)8(3)19-12(10)11(6-9)14(16)17/h5-6H,4H2,1-3H3. The minimum Gasteiger partial charge on any atom is -0.462 e. The number of fused-ring (bicyclic) bond motifs is 1. The van der Waals surface area contributed by atoms with Gasteiger partial charge in [0.05, 0.1) is 17.1 Å². The van der Waals surface area contributed by atoms with Gasteiger partial charge in [-0.05, 0) is 32.4 Å². The van der Waals surface area contributed by atoms with E-state index in [1.807, 2.05) is 0 Å². The normalized spacial score (nSPS) is 10.7. The molecule has 0 unspecified atom stereocenters. The fourth-order valence-electron chi connectivity index (χ4n) is 1.89. The van der Waals surface area contributed by atoms with Crippen LogP contribution >= 0.6 is 0 Å². The predicted octanol–water partition coefficient (Wildman–Crippen LogP) is 3.13. The number of esters is 1. The maximum atomic E-state index is 11.7. The summed E-state index contributed by atoms with van der Waals surface area (Å²) < 4.78 is 10.3. The first kappa shape index (κ1) is 13.1. The molecule has 100 valence electrons. The Labute approximate surface area is 109 Å². The highest BCUT2D eigenvalue weighted by atomic mass is 16.6. The molecule has 0 aliphatic rings. The summed E-state index contributed by atoms with van der Waals surface area (Å²) in [5.41, 5.74) is 0.902. The van der Waals surface area contributed by atoms with Crippen molar-refractivity contribution < 1.29 is 18.9 Å². The second kappa shape index (κ2) is 4.72. The number of benzene rings is 1. The number of non-ortho nitro benzene ring substituents is 1. The van der Waals surface area contributed by atoms with E-state index in [4.69, 9.17) is 9.15 Å². The molecular weight excluding hydrogens is 250 g/mol. The van der Waals surface area contributed by atoms with Gasteiger partial charge in [-0.15, -0.1) is 0 Å². The molecule has 0 radical (unpaired) electrons. The molecule has 0 N–H and O–H groups in total. The Morgan fingerprint density at radius 2 is 2.11 bits per heavy atom. The van der Waals surface area contributed by atoms with E-state index in [2.05, 4.69) is 0 Å². The summed E-state index contributed by atoms with van der Waals surface area (Å²) in [6, 6.07) is 2.74. The number of ether oxygens (including phenoxy) is 1. The van der Waals surface area contributed by atoms with Crippen molar-refractivity contribution in [1.82, 2.24) is 0 Å². The van der Waals surface area contributed by atoms with Crippen molar-refractivity contribution in [3.8, 4) is 0 Å². The van der Waals surface area contributed by atoms with Crippen LogP contribution in [0.1, 0.15) is 28.6 Å². The quantitative estimate of drug-likeness (QED) is 0.482. The summed E-state index contributed by atoms with van der Waals surface area (Å²) in [5.74, 6) is 0.0184. The van der Waals surface area contributed by atoms with Crippen LogP contribution in [0.25, 0.3) is 11.0 Å². The van der Waals surface area contributed by atoms with Gasteiger partial charge in [-0.1, -0.05) is 0 Å². The van der Waals surface area contributed by atoms with Crippen LogP contribution in [0.3, 0.4) is 0 Å². The highest BCUT2D eigenvalue weighted by Gasteiger charge is 2.23. The van der Waals surface area contributed by atoms with Gasteiger partial charge in [-0.3, -0.25) is 10.1 Å². The number of nitro groups is 1. The van der Waals surface area contributed by atoms with Crippen LogP contribution in [0.15, 0.2) is 16.5 Å². The highest BCUT2D eigenvalue weighted by molar-refractivity contribution is 5.99. The number of aryl methyl sites for hydroxylation is 2. The minimum absolute atomic E-state index is 0.157. The van der Waals surface area contributed by atoms with Gasteiger partial charge in [0, 0.05) is 11.5 Å². The molecule has 6 nitrogen and oxygen atoms in total. The Bertz CT molecular complexity index is 671. The van der Waals surface area contributed by atoms with Gasteiger partial charge in [0.15, 0.2) is 0 Å². The molecule has 0 saturated carbocycles. The van der Waals surface area contributed by atoms with Crippen LogP contribution in [-0.2, 0) is 4.74 Å². The van der Waals surface area contributed by atoms with Crippen molar-refractivity contribution in [2.45, 2.75) is 20.8 Å². The van der Waals surface area contributed by atoms with E-state index in [0.717, 1.165) is 5.56 Å². The lowest BCUT2D eigenvalue weighted by molar-refractivity contribution is -0.383. The van der Waals surface area contributed by atoms with E-state index in [1.165, 1.54) is 6.07 Å². The minimum atomic E-state index is -0.578. The Kier molecular flexibility index (Phi) is 3.25. The molecule has 0 aliphatic carbocycles. The number of hydrogen-bond donors (Lipinski definition) is 0. The van der Waals surface area contributed by atoms with Crippen molar-refractivity contribution in [3.63, 3.8) is 0 Å². The van der Waals surface area contributed by atoms with Gasteiger partial charge in [-0.2, -0.15) is 0 Å². The first-order chi connectivity index (χ1) is 8.95. The molecule has 6 heteroatoms. The summed E-state index contributed by atoms with van der Waals surface area (Å²) in [7, 11) is 0. The fourth-order valence-corrected chi connectivity index (χ4v) is 1.89. The highest BCUT2D eigenvalue weighted by Crippen LogP contribution is 2.33. The average molecular weight is 263 g/mol. The van der Waals surface area contributed by atoms with Crippen LogP contribution in [0.4, 0.5) is 5.69 Å². The number of carbonyl (C=O) groups is 1. The van der Waals surface area contributed by atoms with Gasteiger partial charge in [0.2, 0.25) is 5.58 Å². The molecule has 1 aromatic carbocycles. The molecule has 0 fully saturated rings. The maximum absolute atomic E-state index is 11.7. The molecule has 0 spiro atoms. The van der Waals surface area contributed by atoms with Crippen LogP contribution in [0.5, 0.6) is 0 Å². The Balaban J connectivity index is 2.72. The smallest absolute Gasteiger partial charge is 0.338 e. The van der Waals surface area contributed by atoms with E-state index in [0.29, 0.717) is 11.1 Å². The first-order valence-electron chi connectivity index (χ1n) is 5.81. The zero-order valence-electron chi connectivity index (χ0n) is 10.9. The molecule has 0 aliphatic heterocycles. The lowest BCUT2D eigenvalue weighted by Gasteiger charge is -2.02. The fraction of sp³-hybridized carbons (Fsp3) is 0.308. The van der Waals surface area contributed by atoms with Crippen molar-refractivity contribution in [1.29, 1.82) is 0 Å². The SMILES string of the molecule is CCOC(=O)c1cc([N+](=O)[O-])c2oc(C)c(C)c2c1. The molecule has 0 saturated heterocycles. The third-order valence-corrected chi connectivity index (χ3v) is 2.96. The lowest BCUT2D eigenvalue weighted by atomic mass is 10.1. The molecular formula is C13H13NO5. The first-order valence-corrected chi connectivity index (χ1v) is 5.81. The zero-order chi connectivity index (χ0) is 14.2. The van der Waals surface area contributed by atoms with E-state index in [1.54, 1.807) is 26.8 Å². The Hall–Kier alpha value is -2.37. The van der Waals surface area contributed by atoms with Gasteiger partial charge >= 0.3 is 11.7 Å². The monoisotopic (exact) mass is 263 g/mol. The molecule has 0 amide bonds. The predicted molar refractivity (Wildman–Crippen MR) is 68.3 cm³/mol.